The number of carbonyl (C=O) groups excluding carboxylic acids is 1. The summed E-state index contributed by atoms with van der Waals surface area (Å²) in [5.74, 6) is 0. The number of hydrogen-bond donors (Lipinski definition) is 0. The van der Waals surface area contributed by atoms with Gasteiger partial charge in [-0.3, -0.25) is 0 Å². The fourth-order valence-corrected chi connectivity index (χ4v) is 0. The molecule has 0 fully saturated rings. The summed E-state index contributed by atoms with van der Waals surface area (Å²) in [6.45, 7) is 1.24. The first-order valence-corrected chi connectivity index (χ1v) is 1.63. The van der Waals surface area contributed by atoms with E-state index in [1.54, 1.807) is 0 Å². The van der Waals surface area contributed by atoms with Gasteiger partial charge in [-0.1, -0.05) is 0 Å². The van der Waals surface area contributed by atoms with Gasteiger partial charge in [-0.05, 0) is 0 Å². The zero-order valence-electron chi connectivity index (χ0n) is 2.32. The van der Waals surface area contributed by atoms with Crippen LogP contribution in [0.2, 0.25) is 0 Å². The molecule has 0 amide bonds. The first-order valence-electron chi connectivity index (χ1n) is 0.816. The van der Waals surface area contributed by atoms with Gasteiger partial charge in [0.25, 0.3) is 0 Å². The molecule has 0 aromatic heterocycles. The van der Waals surface area contributed by atoms with Gasteiger partial charge in [0.1, 0.15) is 0 Å². The third-order valence-electron chi connectivity index (χ3n) is 0.0833. The fourth-order valence-electron chi connectivity index (χ4n) is 0. The molecule has 4 heavy (non-hydrogen) atoms. The third kappa shape index (κ3) is 1.69. The van der Waals surface area contributed by atoms with Crippen LogP contribution in [0.5, 0.6) is 0 Å². The number of hydrogen-bond acceptors (Lipinski definition) is 2. The predicted octanol–water partition coefficient (Wildman–Crippen LogP) is -1.65. The molecule has 0 aliphatic rings. The van der Waals surface area contributed by atoms with Crippen molar-refractivity contribution in [1.29, 1.82) is 0 Å². The van der Waals surface area contributed by atoms with Gasteiger partial charge < -0.3 is 4.43 Å². The molecule has 0 aromatic carbocycles. The van der Waals surface area contributed by atoms with Crippen molar-refractivity contribution in [3.8, 4) is 0 Å². The second-order valence-electron chi connectivity index (χ2n) is 0.287. The van der Waals surface area contributed by atoms with Gasteiger partial charge >= 0.3 is 6.47 Å². The minimum absolute atomic E-state index is 0.466. The molecule has 23 valence electrons. The minimum Gasteiger partial charge on any atom is -0.521 e. The quantitative estimate of drug-likeness (QED) is 0.349. The Morgan fingerprint density at radius 1 is 2.00 bits per heavy atom. The van der Waals surface area contributed by atoms with Crippen molar-refractivity contribution in [3.63, 3.8) is 0 Å². The van der Waals surface area contributed by atoms with Gasteiger partial charge in [0.05, 0.1) is 0 Å². The molecular weight excluding hydrogens is 72.1 g/mol. The Morgan fingerprint density at radius 3 is 2.25 bits per heavy atom. The Kier molecular flexibility index (Phi) is 2.48. The lowest BCUT2D eigenvalue weighted by Crippen LogP contribution is -1.71. The summed E-state index contributed by atoms with van der Waals surface area (Å²) >= 11 is 0. The molecule has 1 radical (unpaired) electrons. The summed E-state index contributed by atoms with van der Waals surface area (Å²) in [5.41, 5.74) is 0. The monoisotopic (exact) mass is 75.0 g/mol. The van der Waals surface area contributed by atoms with E-state index in [4.69, 9.17) is 4.79 Å². The molecular formula is CH3O2Si. The maximum Gasteiger partial charge on any atom is 0.402 e. The molecule has 0 spiro atoms. The zero-order valence-corrected chi connectivity index (χ0v) is 4.32. The maximum absolute atomic E-state index is 8.86. The van der Waals surface area contributed by atoms with Crippen molar-refractivity contribution in [3.05, 3.63) is 0 Å². The van der Waals surface area contributed by atoms with E-state index in [1.165, 1.54) is 6.47 Å². The van der Waals surface area contributed by atoms with Crippen molar-refractivity contribution < 1.29 is 9.22 Å². The molecule has 0 unspecified atom stereocenters. The highest BCUT2D eigenvalue weighted by molar-refractivity contribution is 6.02. The van der Waals surface area contributed by atoms with Crippen LogP contribution in [0.1, 0.15) is 0 Å². The highest BCUT2D eigenvalue weighted by atomic mass is 28.2. The Hall–Kier alpha value is -0.313. The van der Waals surface area contributed by atoms with E-state index in [0.29, 0.717) is 10.5 Å². The van der Waals surface area contributed by atoms with Crippen LogP contribution in [-0.4, -0.2) is 17.0 Å². The number of rotatable bonds is 1. The second-order valence-corrected chi connectivity index (χ2v) is 0.696. The molecule has 0 aliphatic heterocycles. The summed E-state index contributed by atoms with van der Waals surface area (Å²) in [6, 6.07) is 0. The summed E-state index contributed by atoms with van der Waals surface area (Å²) < 4.78 is 3.88. The summed E-state index contributed by atoms with van der Waals surface area (Å²) in [4.78, 5) is 8.86. The van der Waals surface area contributed by atoms with Crippen molar-refractivity contribution in [1.82, 2.24) is 0 Å². The van der Waals surface area contributed by atoms with Gasteiger partial charge in [0.15, 0.2) is 0 Å². The minimum atomic E-state index is 0.466. The van der Waals surface area contributed by atoms with E-state index >= 15 is 0 Å². The van der Waals surface area contributed by atoms with Crippen molar-refractivity contribution in [2.45, 2.75) is 0 Å². The SMILES string of the molecule is O=[C]O[SiH3]. The molecule has 0 aromatic rings. The molecule has 3 heteroatoms. The van der Waals surface area contributed by atoms with Crippen LogP contribution in [0.3, 0.4) is 0 Å². The summed E-state index contributed by atoms with van der Waals surface area (Å²) in [5, 5.41) is 0. The van der Waals surface area contributed by atoms with Crippen LogP contribution in [0.15, 0.2) is 0 Å². The van der Waals surface area contributed by atoms with Crippen molar-refractivity contribution in [2.24, 2.45) is 0 Å². The standard InChI is InChI=1S/CH3O2Si/c2-1-3-4/h4H3. The summed E-state index contributed by atoms with van der Waals surface area (Å²) in [7, 11) is 0.466. The van der Waals surface area contributed by atoms with Crippen LogP contribution < -0.4 is 0 Å². The van der Waals surface area contributed by atoms with Gasteiger partial charge in [0, 0.05) is 0 Å². The molecule has 0 saturated heterocycles. The molecule has 0 atom stereocenters. The smallest absolute Gasteiger partial charge is 0.402 e. The Balaban J connectivity index is 2.30. The van der Waals surface area contributed by atoms with E-state index in [-0.39, 0.29) is 0 Å². The molecule has 2 nitrogen and oxygen atoms in total. The van der Waals surface area contributed by atoms with Crippen LogP contribution in [0.4, 0.5) is 0 Å². The topological polar surface area (TPSA) is 26.3 Å². The van der Waals surface area contributed by atoms with Crippen LogP contribution in [0.25, 0.3) is 0 Å². The third-order valence-corrected chi connectivity index (χ3v) is 0.250. The van der Waals surface area contributed by atoms with E-state index in [0.717, 1.165) is 0 Å². The first-order chi connectivity index (χ1) is 1.91. The molecule has 0 rings (SSSR count). The van der Waals surface area contributed by atoms with E-state index in [9.17, 15) is 0 Å². The molecule has 0 aliphatic carbocycles. The van der Waals surface area contributed by atoms with Gasteiger partial charge in [-0.2, -0.15) is 0 Å². The highest BCUT2D eigenvalue weighted by Crippen LogP contribution is 1.32. The zero-order chi connectivity index (χ0) is 3.41. The average molecular weight is 75.1 g/mol. The predicted molar refractivity (Wildman–Crippen MR) is 16.7 cm³/mol. The Labute approximate surface area is 27.3 Å². The largest absolute Gasteiger partial charge is 0.521 e. The van der Waals surface area contributed by atoms with E-state index in [2.05, 4.69) is 4.43 Å². The van der Waals surface area contributed by atoms with Crippen LogP contribution in [-0.2, 0) is 9.22 Å². The van der Waals surface area contributed by atoms with Crippen LogP contribution >= 0.6 is 0 Å². The normalized spacial score (nSPS) is 6.00. The fraction of sp³-hybridized carbons (Fsp3) is 0. The molecule has 0 saturated carbocycles. The van der Waals surface area contributed by atoms with Crippen molar-refractivity contribution >= 4 is 17.0 Å². The lowest BCUT2D eigenvalue weighted by molar-refractivity contribution is 0.464. The first kappa shape index (κ1) is 3.69. The molecule has 0 heterocycles. The lowest BCUT2D eigenvalue weighted by atomic mass is 11.7. The Bertz CT molecular complexity index is 20.0. The van der Waals surface area contributed by atoms with Gasteiger partial charge in [-0.15, -0.1) is 0 Å². The Morgan fingerprint density at radius 2 is 2.25 bits per heavy atom. The van der Waals surface area contributed by atoms with E-state index < -0.39 is 0 Å². The van der Waals surface area contributed by atoms with Gasteiger partial charge in [-0.25, -0.2) is 4.79 Å². The molecule has 0 bridgehead atoms. The molecule has 0 N–H and O–H groups in total. The lowest BCUT2D eigenvalue weighted by Gasteiger charge is -1.65. The van der Waals surface area contributed by atoms with E-state index in [1.807, 2.05) is 0 Å². The highest BCUT2D eigenvalue weighted by Gasteiger charge is 1.50. The van der Waals surface area contributed by atoms with Crippen molar-refractivity contribution in [2.75, 3.05) is 0 Å². The maximum atomic E-state index is 8.86. The van der Waals surface area contributed by atoms with Gasteiger partial charge in [0.2, 0.25) is 10.5 Å². The second kappa shape index (κ2) is 2.69. The average Bonchev–Trinajstić information content (AvgIpc) is 1.37. The van der Waals surface area contributed by atoms with Crippen LogP contribution in [0, 0.1) is 0 Å². The summed E-state index contributed by atoms with van der Waals surface area (Å²) in [6.07, 6.45) is 0.